The van der Waals surface area contributed by atoms with E-state index in [0.29, 0.717) is 16.5 Å². The summed E-state index contributed by atoms with van der Waals surface area (Å²) in [5.74, 6) is 0.488. The van der Waals surface area contributed by atoms with Crippen molar-refractivity contribution in [3.63, 3.8) is 0 Å². The van der Waals surface area contributed by atoms with Crippen LogP contribution < -0.4 is 5.43 Å². The van der Waals surface area contributed by atoms with Crippen molar-refractivity contribution in [3.05, 3.63) is 34.9 Å². The molecule has 0 bridgehead atoms. The average molecular weight is 265 g/mol. The van der Waals surface area contributed by atoms with Crippen LogP contribution in [0.1, 0.15) is 43.0 Å². The predicted molar refractivity (Wildman–Crippen MR) is 74.0 cm³/mol. The fraction of sp³-hybridized carbons (Fsp3) is 0.429. The maximum atomic E-state index is 11.8. The zero-order valence-electron chi connectivity index (χ0n) is 10.4. The van der Waals surface area contributed by atoms with Crippen molar-refractivity contribution in [2.75, 3.05) is 0 Å². The van der Waals surface area contributed by atoms with Crippen LogP contribution in [0.3, 0.4) is 0 Å². The van der Waals surface area contributed by atoms with Gasteiger partial charge in [0.05, 0.1) is 0 Å². The van der Waals surface area contributed by atoms with Crippen LogP contribution in [0, 0.1) is 5.92 Å². The predicted octanol–water partition coefficient (Wildman–Crippen LogP) is 3.64. The Morgan fingerprint density at radius 1 is 1.39 bits per heavy atom. The van der Waals surface area contributed by atoms with Crippen LogP contribution in [0.4, 0.5) is 0 Å². The lowest BCUT2D eigenvalue weighted by molar-refractivity contribution is 0.0954. The molecule has 0 aliphatic heterocycles. The van der Waals surface area contributed by atoms with Crippen molar-refractivity contribution in [2.45, 2.75) is 32.6 Å². The zero-order chi connectivity index (χ0) is 13.0. The first-order valence-electron chi connectivity index (χ1n) is 6.26. The molecule has 1 fully saturated rings. The Hall–Kier alpha value is -1.35. The molecule has 1 aromatic rings. The van der Waals surface area contributed by atoms with Crippen LogP contribution in [-0.4, -0.2) is 11.6 Å². The van der Waals surface area contributed by atoms with Gasteiger partial charge in [-0.25, -0.2) is 5.43 Å². The van der Waals surface area contributed by atoms with Crippen molar-refractivity contribution < 1.29 is 4.79 Å². The van der Waals surface area contributed by atoms with E-state index < -0.39 is 0 Å². The van der Waals surface area contributed by atoms with E-state index >= 15 is 0 Å². The molecule has 1 atom stereocenters. The molecule has 4 heteroatoms. The highest BCUT2D eigenvalue weighted by Crippen LogP contribution is 2.21. The van der Waals surface area contributed by atoms with Gasteiger partial charge in [-0.1, -0.05) is 18.5 Å². The summed E-state index contributed by atoms with van der Waals surface area (Å²) in [6.07, 6.45) is 4.40. The summed E-state index contributed by atoms with van der Waals surface area (Å²) in [4.78, 5) is 11.8. The average Bonchev–Trinajstić information content (AvgIpc) is 2.37. The number of amides is 1. The first-order valence-corrected chi connectivity index (χ1v) is 6.64. The van der Waals surface area contributed by atoms with Gasteiger partial charge in [0.2, 0.25) is 0 Å². The number of hydrogen-bond donors (Lipinski definition) is 1. The van der Waals surface area contributed by atoms with Gasteiger partial charge in [-0.3, -0.25) is 4.79 Å². The Kier molecular flexibility index (Phi) is 4.37. The number of halogens is 1. The van der Waals surface area contributed by atoms with Crippen LogP contribution in [0.5, 0.6) is 0 Å². The van der Waals surface area contributed by atoms with Crippen LogP contribution in [0.25, 0.3) is 0 Å². The van der Waals surface area contributed by atoms with Crippen LogP contribution in [0.15, 0.2) is 29.4 Å². The molecule has 0 aromatic heterocycles. The minimum atomic E-state index is -0.183. The topological polar surface area (TPSA) is 41.5 Å². The standard InChI is InChI=1S/C14H17ClN2O/c1-10-3-2-4-13(9-10)16-17-14(18)11-5-7-12(15)8-6-11/h5-8,10H,2-4,9H2,1H3,(H,17,18)/t10-/m1/s1. The minimum Gasteiger partial charge on any atom is -0.267 e. The summed E-state index contributed by atoms with van der Waals surface area (Å²) in [6, 6.07) is 6.79. The SMILES string of the molecule is C[C@@H]1CCCC(=NNC(=O)c2ccc(Cl)cc2)C1. The van der Waals surface area contributed by atoms with Gasteiger partial charge in [-0.2, -0.15) is 5.10 Å². The zero-order valence-corrected chi connectivity index (χ0v) is 11.2. The lowest BCUT2D eigenvalue weighted by atomic mass is 9.89. The molecule has 0 heterocycles. The summed E-state index contributed by atoms with van der Waals surface area (Å²) >= 11 is 5.77. The van der Waals surface area contributed by atoms with E-state index in [1.165, 1.54) is 6.42 Å². The summed E-state index contributed by atoms with van der Waals surface area (Å²) in [5.41, 5.74) is 4.28. The second kappa shape index (κ2) is 6.01. The highest BCUT2D eigenvalue weighted by molar-refractivity contribution is 6.30. The van der Waals surface area contributed by atoms with E-state index in [0.717, 1.165) is 25.0 Å². The first kappa shape index (κ1) is 13.1. The summed E-state index contributed by atoms with van der Waals surface area (Å²) in [6.45, 7) is 2.22. The monoisotopic (exact) mass is 264 g/mol. The third-order valence-corrected chi connectivity index (χ3v) is 3.42. The number of hydrazone groups is 1. The summed E-state index contributed by atoms with van der Waals surface area (Å²) in [5, 5.41) is 4.84. The van der Waals surface area contributed by atoms with E-state index in [1.807, 2.05) is 0 Å². The smallest absolute Gasteiger partial charge is 0.267 e. The van der Waals surface area contributed by atoms with E-state index in [-0.39, 0.29) is 5.91 Å². The molecule has 3 nitrogen and oxygen atoms in total. The number of hydrogen-bond acceptors (Lipinski definition) is 2. The molecule has 1 aliphatic rings. The first-order chi connectivity index (χ1) is 8.65. The van der Waals surface area contributed by atoms with Gasteiger partial charge >= 0.3 is 0 Å². The fourth-order valence-electron chi connectivity index (χ4n) is 2.16. The van der Waals surface area contributed by atoms with Gasteiger partial charge in [-0.15, -0.1) is 0 Å². The third-order valence-electron chi connectivity index (χ3n) is 3.17. The largest absolute Gasteiger partial charge is 0.271 e. The van der Waals surface area contributed by atoms with Gasteiger partial charge < -0.3 is 0 Å². The van der Waals surface area contributed by atoms with E-state index in [1.54, 1.807) is 24.3 Å². The number of nitrogens with zero attached hydrogens (tertiary/aromatic N) is 1. The lowest BCUT2D eigenvalue weighted by Gasteiger charge is -2.18. The second-order valence-electron chi connectivity index (χ2n) is 4.83. The van der Waals surface area contributed by atoms with Gasteiger partial charge in [0.1, 0.15) is 0 Å². The Morgan fingerprint density at radius 2 is 2.11 bits per heavy atom. The van der Waals surface area contributed by atoms with Crippen LogP contribution in [0.2, 0.25) is 5.02 Å². The van der Waals surface area contributed by atoms with Crippen LogP contribution in [-0.2, 0) is 0 Å². The number of nitrogens with one attached hydrogen (secondary N) is 1. The molecular formula is C14H17ClN2O. The number of benzene rings is 1. The van der Waals surface area contributed by atoms with Crippen molar-refractivity contribution in [1.82, 2.24) is 5.43 Å². The normalized spacial score (nSPS) is 21.9. The molecule has 0 saturated heterocycles. The molecule has 2 rings (SSSR count). The van der Waals surface area contributed by atoms with Gasteiger partial charge in [0, 0.05) is 16.3 Å². The number of rotatable bonds is 2. The maximum absolute atomic E-state index is 11.8. The molecule has 1 saturated carbocycles. The Bertz CT molecular complexity index is 453. The Labute approximate surface area is 112 Å². The van der Waals surface area contributed by atoms with Gasteiger partial charge in [-0.05, 0) is 55.9 Å². The van der Waals surface area contributed by atoms with Gasteiger partial charge in [0.25, 0.3) is 5.91 Å². The molecule has 96 valence electrons. The molecule has 1 aliphatic carbocycles. The highest BCUT2D eigenvalue weighted by Gasteiger charge is 2.14. The van der Waals surface area contributed by atoms with Crippen molar-refractivity contribution in [1.29, 1.82) is 0 Å². The molecule has 0 unspecified atom stereocenters. The molecule has 1 N–H and O–H groups in total. The summed E-state index contributed by atoms with van der Waals surface area (Å²) in [7, 11) is 0. The number of carbonyl (C=O) groups is 1. The molecule has 1 aromatic carbocycles. The van der Waals surface area contributed by atoms with Crippen molar-refractivity contribution >= 4 is 23.2 Å². The van der Waals surface area contributed by atoms with Crippen molar-refractivity contribution in [3.8, 4) is 0 Å². The molecule has 1 amide bonds. The quantitative estimate of drug-likeness (QED) is 0.814. The minimum absolute atomic E-state index is 0.183. The molecule has 18 heavy (non-hydrogen) atoms. The molecular weight excluding hydrogens is 248 g/mol. The fourth-order valence-corrected chi connectivity index (χ4v) is 2.28. The molecule has 0 radical (unpaired) electrons. The number of carbonyl (C=O) groups excluding carboxylic acids is 1. The maximum Gasteiger partial charge on any atom is 0.271 e. The molecule has 0 spiro atoms. The van der Waals surface area contributed by atoms with Crippen molar-refractivity contribution in [2.24, 2.45) is 11.0 Å². The lowest BCUT2D eigenvalue weighted by Crippen LogP contribution is -2.22. The Balaban J connectivity index is 1.95. The van der Waals surface area contributed by atoms with Gasteiger partial charge in [0.15, 0.2) is 0 Å². The van der Waals surface area contributed by atoms with Crippen LogP contribution >= 0.6 is 11.6 Å². The summed E-state index contributed by atoms with van der Waals surface area (Å²) < 4.78 is 0. The second-order valence-corrected chi connectivity index (χ2v) is 5.26. The van der Waals surface area contributed by atoms with E-state index in [4.69, 9.17) is 11.6 Å². The highest BCUT2D eigenvalue weighted by atomic mass is 35.5. The van der Waals surface area contributed by atoms with E-state index in [2.05, 4.69) is 17.5 Å². The Morgan fingerprint density at radius 3 is 2.78 bits per heavy atom. The third kappa shape index (κ3) is 3.57. The van der Waals surface area contributed by atoms with E-state index in [9.17, 15) is 4.79 Å².